The highest BCUT2D eigenvalue weighted by Crippen LogP contribution is 2.39. The Balaban J connectivity index is 1.30. The molecule has 0 saturated carbocycles. The SMILES string of the molecule is NC(=O)C[C@H](NC(=O)C1(NC(=O)[C@H](CC(=O)O)Cc2ccc(CP(=O)(O)O)cc2)CCN(C(=O)OCCc2ccccc2)CC1)C(=O)NCCCc1cccc2ccccc12. The Morgan fingerprint density at radius 1 is 0.787 bits per heavy atom. The lowest BCUT2D eigenvalue weighted by Gasteiger charge is -2.41. The maximum absolute atomic E-state index is 14.4. The number of nitrogens with one attached hydrogen (secondary N) is 3. The lowest BCUT2D eigenvalue weighted by atomic mass is 9.84. The van der Waals surface area contributed by atoms with Gasteiger partial charge in [0.05, 0.1) is 31.5 Å². The molecule has 61 heavy (non-hydrogen) atoms. The van der Waals surface area contributed by atoms with Crippen LogP contribution in [0.1, 0.15) is 54.4 Å². The monoisotopic (exact) mass is 857 g/mol. The molecule has 1 aliphatic heterocycles. The molecule has 1 fully saturated rings. The summed E-state index contributed by atoms with van der Waals surface area (Å²) in [7, 11) is -4.35. The first-order valence-electron chi connectivity index (χ1n) is 20.1. The predicted molar refractivity (Wildman–Crippen MR) is 226 cm³/mol. The molecule has 1 aliphatic rings. The van der Waals surface area contributed by atoms with Crippen LogP contribution in [0, 0.1) is 5.92 Å². The Kier molecular flexibility index (Phi) is 16.2. The number of likely N-dealkylation sites (tertiary alicyclic amines) is 1. The van der Waals surface area contributed by atoms with Crippen LogP contribution in [0.3, 0.4) is 0 Å². The summed E-state index contributed by atoms with van der Waals surface area (Å²) in [5.41, 5.74) is 6.67. The Labute approximate surface area is 353 Å². The quantitative estimate of drug-likeness (QED) is 0.0500. The molecule has 5 amide bonds. The first kappa shape index (κ1) is 46.0. The van der Waals surface area contributed by atoms with Crippen molar-refractivity contribution in [2.75, 3.05) is 26.2 Å². The summed E-state index contributed by atoms with van der Waals surface area (Å²) in [6.07, 6.45) is -1.03. The van der Waals surface area contributed by atoms with Crippen LogP contribution in [0.2, 0.25) is 0 Å². The number of carboxylic acid groups (broad SMARTS) is 1. The van der Waals surface area contributed by atoms with E-state index in [-0.39, 0.29) is 45.5 Å². The van der Waals surface area contributed by atoms with Crippen LogP contribution in [0.5, 0.6) is 0 Å². The Hall–Kier alpha value is -6.09. The third-order valence-electron chi connectivity index (χ3n) is 10.6. The number of rotatable bonds is 20. The number of hydrogen-bond donors (Lipinski definition) is 7. The highest BCUT2D eigenvalue weighted by atomic mass is 31.2. The van der Waals surface area contributed by atoms with E-state index in [2.05, 4.69) is 16.0 Å². The molecule has 16 nitrogen and oxygen atoms in total. The van der Waals surface area contributed by atoms with Crippen molar-refractivity contribution in [2.24, 2.45) is 11.7 Å². The maximum Gasteiger partial charge on any atom is 0.409 e. The number of piperidine rings is 1. The standard InChI is InChI=1S/C44H52N5O11P/c45-38(50)28-37(41(54)46-22-7-13-34-12-6-11-33-10-4-5-14-36(33)34)47-42(55)44(20-23-49(24-21-44)43(56)60-25-19-30-8-2-1-3-9-30)48-40(53)35(27-39(51)52)26-31-15-17-32(18-16-31)29-61(57,58)59/h1-6,8-12,14-18,35,37H,7,13,19-29H2,(H2,45,50)(H,46,54)(H,47,55)(H,48,53)(H,51,52)(H2,57,58,59)/t35-,37-/m0/s1. The van der Waals surface area contributed by atoms with Gasteiger partial charge in [-0.25, -0.2) is 4.79 Å². The van der Waals surface area contributed by atoms with E-state index in [1.165, 1.54) is 29.2 Å². The summed E-state index contributed by atoms with van der Waals surface area (Å²) in [5, 5.41) is 20.1. The van der Waals surface area contributed by atoms with Gasteiger partial charge in [0, 0.05) is 26.1 Å². The van der Waals surface area contributed by atoms with Gasteiger partial charge in [0.1, 0.15) is 11.6 Å². The van der Waals surface area contributed by atoms with E-state index in [0.29, 0.717) is 30.4 Å². The van der Waals surface area contributed by atoms with Crippen molar-refractivity contribution in [3.8, 4) is 0 Å². The maximum atomic E-state index is 14.4. The van der Waals surface area contributed by atoms with Crippen molar-refractivity contribution >= 4 is 54.1 Å². The molecule has 0 aliphatic carbocycles. The topological polar surface area (TPSA) is 255 Å². The van der Waals surface area contributed by atoms with E-state index in [0.717, 1.165) is 21.9 Å². The second kappa shape index (κ2) is 21.4. The number of aryl methyl sites for hydroxylation is 1. The number of carbonyl (C=O) groups is 6. The van der Waals surface area contributed by atoms with Gasteiger partial charge in [-0.2, -0.15) is 0 Å². The zero-order valence-electron chi connectivity index (χ0n) is 33.7. The lowest BCUT2D eigenvalue weighted by molar-refractivity contribution is -0.143. The van der Waals surface area contributed by atoms with E-state index in [1.54, 1.807) is 0 Å². The van der Waals surface area contributed by atoms with E-state index < -0.39 is 79.8 Å². The van der Waals surface area contributed by atoms with Crippen LogP contribution >= 0.6 is 7.60 Å². The molecule has 4 aromatic carbocycles. The fourth-order valence-electron chi connectivity index (χ4n) is 7.41. The summed E-state index contributed by atoms with van der Waals surface area (Å²) in [4.78, 5) is 99.3. The first-order valence-corrected chi connectivity index (χ1v) is 21.9. The van der Waals surface area contributed by atoms with Crippen molar-refractivity contribution in [3.05, 3.63) is 119 Å². The van der Waals surface area contributed by atoms with Gasteiger partial charge in [0.15, 0.2) is 0 Å². The molecule has 0 bridgehead atoms. The van der Waals surface area contributed by atoms with E-state index >= 15 is 0 Å². The first-order chi connectivity index (χ1) is 29.1. The summed E-state index contributed by atoms with van der Waals surface area (Å²) in [5.74, 6) is -5.65. The van der Waals surface area contributed by atoms with Crippen LogP contribution < -0.4 is 21.7 Å². The molecule has 0 radical (unpaired) electrons. The molecule has 0 spiro atoms. The molecule has 8 N–H and O–H groups in total. The minimum Gasteiger partial charge on any atom is -0.481 e. The van der Waals surface area contributed by atoms with Crippen LogP contribution in [-0.2, 0) is 58.7 Å². The van der Waals surface area contributed by atoms with E-state index in [4.69, 9.17) is 10.5 Å². The lowest BCUT2D eigenvalue weighted by Crippen LogP contribution is -2.66. The summed E-state index contributed by atoms with van der Waals surface area (Å²) < 4.78 is 17.0. The number of fused-ring (bicyclic) bond motifs is 1. The number of carbonyl (C=O) groups excluding carboxylic acids is 5. The van der Waals surface area contributed by atoms with Crippen LogP contribution in [0.15, 0.2) is 97.1 Å². The zero-order chi connectivity index (χ0) is 44.0. The molecule has 4 aromatic rings. The minimum absolute atomic E-state index is 0.0522. The molecule has 324 valence electrons. The second-order valence-electron chi connectivity index (χ2n) is 15.3. The highest BCUT2D eigenvalue weighted by molar-refractivity contribution is 7.50. The molecule has 0 aromatic heterocycles. The number of hydrogen-bond acceptors (Lipinski definition) is 8. The third-order valence-corrected chi connectivity index (χ3v) is 11.4. The molecular weight excluding hydrogens is 805 g/mol. The molecule has 2 atom stereocenters. The summed E-state index contributed by atoms with van der Waals surface area (Å²) in [6, 6.07) is 28.0. The van der Waals surface area contributed by atoms with E-state index in [9.17, 15) is 48.2 Å². The van der Waals surface area contributed by atoms with Gasteiger partial charge in [0.2, 0.25) is 23.6 Å². The normalized spacial score (nSPS) is 14.6. The smallest absolute Gasteiger partial charge is 0.409 e. The number of nitrogens with zero attached hydrogens (tertiary/aromatic N) is 1. The number of carboxylic acids is 1. The molecule has 1 saturated heterocycles. The van der Waals surface area contributed by atoms with Gasteiger partial charge >= 0.3 is 19.7 Å². The largest absolute Gasteiger partial charge is 0.481 e. The molecule has 17 heteroatoms. The van der Waals surface area contributed by atoms with Gasteiger partial charge in [-0.1, -0.05) is 97.1 Å². The average molecular weight is 858 g/mol. The number of nitrogens with two attached hydrogens (primary N) is 1. The predicted octanol–water partition coefficient (Wildman–Crippen LogP) is 3.59. The summed E-state index contributed by atoms with van der Waals surface area (Å²) in [6.45, 7) is 0.213. The van der Waals surface area contributed by atoms with Crippen LogP contribution in [0.25, 0.3) is 10.8 Å². The number of ether oxygens (including phenoxy) is 1. The zero-order valence-corrected chi connectivity index (χ0v) is 34.6. The van der Waals surface area contributed by atoms with E-state index in [1.807, 2.05) is 72.8 Å². The van der Waals surface area contributed by atoms with Gasteiger partial charge in [0.25, 0.3) is 0 Å². The van der Waals surface area contributed by atoms with Gasteiger partial charge < -0.3 is 46.2 Å². The molecular formula is C44H52N5O11P. The fourth-order valence-corrected chi connectivity index (χ4v) is 8.10. The van der Waals surface area contributed by atoms with Gasteiger partial charge in [-0.05, 0) is 65.1 Å². The fraction of sp³-hybridized carbons (Fsp3) is 0.364. The average Bonchev–Trinajstić information content (AvgIpc) is 3.22. The molecule has 0 unspecified atom stereocenters. The number of aliphatic carboxylic acids is 1. The molecule has 5 rings (SSSR count). The van der Waals surface area contributed by atoms with Crippen molar-refractivity contribution in [2.45, 2.75) is 69.1 Å². The Bertz CT molecular complexity index is 2220. The number of amides is 5. The van der Waals surface area contributed by atoms with Crippen LogP contribution in [-0.4, -0.2) is 93.3 Å². The number of benzene rings is 4. The van der Waals surface area contributed by atoms with Gasteiger partial charge in [-0.3, -0.25) is 28.5 Å². The van der Waals surface area contributed by atoms with Crippen molar-refractivity contribution < 1.29 is 53.0 Å². The van der Waals surface area contributed by atoms with Gasteiger partial charge in [-0.15, -0.1) is 0 Å². The number of primary amides is 1. The minimum atomic E-state index is -4.35. The highest BCUT2D eigenvalue weighted by Gasteiger charge is 2.46. The Morgan fingerprint density at radius 3 is 2.11 bits per heavy atom. The molecule has 1 heterocycles. The van der Waals surface area contributed by atoms with Crippen molar-refractivity contribution in [1.82, 2.24) is 20.9 Å². The van der Waals surface area contributed by atoms with Crippen molar-refractivity contribution in [3.63, 3.8) is 0 Å². The summed E-state index contributed by atoms with van der Waals surface area (Å²) >= 11 is 0. The Morgan fingerprint density at radius 2 is 1.44 bits per heavy atom. The second-order valence-corrected chi connectivity index (χ2v) is 16.9. The van der Waals surface area contributed by atoms with Crippen molar-refractivity contribution in [1.29, 1.82) is 0 Å². The van der Waals surface area contributed by atoms with Crippen LogP contribution in [0.4, 0.5) is 4.79 Å². The third kappa shape index (κ3) is 14.0.